The number of piperidine rings is 1. The van der Waals surface area contributed by atoms with E-state index in [4.69, 9.17) is 4.74 Å². The molecule has 2 fully saturated rings. The van der Waals surface area contributed by atoms with E-state index in [1.165, 1.54) is 6.26 Å². The maximum Gasteiger partial charge on any atom is 0.321 e. The van der Waals surface area contributed by atoms with E-state index in [0.29, 0.717) is 75.3 Å². The van der Waals surface area contributed by atoms with Gasteiger partial charge in [0.25, 0.3) is 0 Å². The van der Waals surface area contributed by atoms with Crippen molar-refractivity contribution in [3.05, 3.63) is 36.0 Å². The zero-order chi connectivity index (χ0) is 23.4. The second-order valence-electron chi connectivity index (χ2n) is 8.44. The van der Waals surface area contributed by atoms with Crippen molar-refractivity contribution < 1.29 is 23.1 Å². The summed E-state index contributed by atoms with van der Waals surface area (Å²) in [7, 11) is -3.26. The molecular formula is C22H29N5O5S. The Labute approximate surface area is 193 Å². The van der Waals surface area contributed by atoms with Crippen LogP contribution in [0.5, 0.6) is 0 Å². The predicted octanol–water partition coefficient (Wildman–Crippen LogP) is 1.51. The summed E-state index contributed by atoms with van der Waals surface area (Å²) in [6, 6.07) is 8.67. The van der Waals surface area contributed by atoms with E-state index in [9.17, 15) is 18.3 Å². The second-order valence-corrected chi connectivity index (χ2v) is 10.6. The van der Waals surface area contributed by atoms with Gasteiger partial charge in [-0.2, -0.15) is 0 Å². The molecule has 0 unspecified atom stereocenters. The van der Waals surface area contributed by atoms with E-state index in [1.807, 2.05) is 0 Å². The highest BCUT2D eigenvalue weighted by molar-refractivity contribution is 7.89. The number of rotatable bonds is 5. The summed E-state index contributed by atoms with van der Waals surface area (Å²) in [6.45, 7) is 3.57. The van der Waals surface area contributed by atoms with Gasteiger partial charge in [-0.3, -0.25) is 0 Å². The summed E-state index contributed by atoms with van der Waals surface area (Å²) in [5.74, 6) is 0.936. The normalized spacial score (nSPS) is 17.8. The Bertz CT molecular complexity index is 1080. The number of hydrogen-bond acceptors (Lipinski definition) is 8. The molecule has 1 aromatic carbocycles. The highest BCUT2D eigenvalue weighted by Gasteiger charge is 2.21. The minimum absolute atomic E-state index is 0.168. The molecule has 1 aromatic heterocycles. The second kappa shape index (κ2) is 10.0. The molecule has 10 nitrogen and oxygen atoms in total. The standard InChI is InChI=1S/C22H29N5O5S/c1-33(30,31)15-18-14-20(26-10-12-32-13-11-26)25-21(23-18)16-2-4-17(5-3-16)24-22(29)27-8-6-19(28)7-9-27/h2-5,14,19,28H,6-13,15H2,1H3,(H,24,29). The molecular weight excluding hydrogens is 446 g/mol. The summed E-state index contributed by atoms with van der Waals surface area (Å²) in [5, 5.41) is 12.5. The quantitative estimate of drug-likeness (QED) is 0.667. The Morgan fingerprint density at radius 1 is 1.12 bits per heavy atom. The molecule has 2 N–H and O–H groups in total. The number of anilines is 2. The van der Waals surface area contributed by atoms with Crippen LogP contribution in [0.3, 0.4) is 0 Å². The van der Waals surface area contributed by atoms with Gasteiger partial charge in [-0.15, -0.1) is 0 Å². The molecule has 2 amide bonds. The average molecular weight is 476 g/mol. The van der Waals surface area contributed by atoms with Crippen LogP contribution in [-0.4, -0.2) is 86.2 Å². The van der Waals surface area contributed by atoms with Crippen molar-refractivity contribution in [3.63, 3.8) is 0 Å². The van der Waals surface area contributed by atoms with Crippen LogP contribution in [0.15, 0.2) is 30.3 Å². The van der Waals surface area contributed by atoms with Gasteiger partial charge >= 0.3 is 6.03 Å². The molecule has 0 spiro atoms. The van der Waals surface area contributed by atoms with Crippen molar-refractivity contribution in [1.82, 2.24) is 14.9 Å². The van der Waals surface area contributed by atoms with Crippen LogP contribution in [0.1, 0.15) is 18.5 Å². The van der Waals surface area contributed by atoms with Crippen molar-refractivity contribution >= 4 is 27.4 Å². The molecule has 2 aromatic rings. The van der Waals surface area contributed by atoms with E-state index < -0.39 is 9.84 Å². The zero-order valence-electron chi connectivity index (χ0n) is 18.6. The van der Waals surface area contributed by atoms with Crippen molar-refractivity contribution in [2.45, 2.75) is 24.7 Å². The zero-order valence-corrected chi connectivity index (χ0v) is 19.4. The first-order valence-electron chi connectivity index (χ1n) is 11.0. The summed E-state index contributed by atoms with van der Waals surface area (Å²) in [4.78, 5) is 25.4. The Morgan fingerprint density at radius 3 is 2.42 bits per heavy atom. The summed E-state index contributed by atoms with van der Waals surface area (Å²) < 4.78 is 29.2. The maximum atomic E-state index is 12.5. The number of likely N-dealkylation sites (tertiary alicyclic amines) is 1. The lowest BCUT2D eigenvalue weighted by atomic mass is 10.1. The van der Waals surface area contributed by atoms with Crippen LogP contribution in [-0.2, 0) is 20.3 Å². The molecule has 2 saturated heterocycles. The fraction of sp³-hybridized carbons (Fsp3) is 0.500. The van der Waals surface area contributed by atoms with Gasteiger partial charge in [-0.25, -0.2) is 23.2 Å². The molecule has 33 heavy (non-hydrogen) atoms. The number of amides is 2. The number of urea groups is 1. The summed E-state index contributed by atoms with van der Waals surface area (Å²) in [5.41, 5.74) is 1.79. The maximum absolute atomic E-state index is 12.5. The van der Waals surface area contributed by atoms with E-state index >= 15 is 0 Å². The topological polar surface area (TPSA) is 125 Å². The number of aromatic nitrogens is 2. The number of sulfone groups is 1. The smallest absolute Gasteiger partial charge is 0.321 e. The lowest BCUT2D eigenvalue weighted by molar-refractivity contribution is 0.0972. The first kappa shape index (κ1) is 23.4. The number of ether oxygens (including phenoxy) is 1. The molecule has 11 heteroatoms. The van der Waals surface area contributed by atoms with Crippen LogP contribution in [0, 0.1) is 0 Å². The number of hydrogen-bond donors (Lipinski definition) is 2. The molecule has 178 valence electrons. The van der Waals surface area contributed by atoms with E-state index in [-0.39, 0.29) is 17.9 Å². The number of morpholine rings is 1. The average Bonchev–Trinajstić information content (AvgIpc) is 2.79. The Hall–Kier alpha value is -2.76. The first-order valence-corrected chi connectivity index (χ1v) is 13.1. The number of aliphatic hydroxyl groups excluding tert-OH is 1. The number of carbonyl (C=O) groups excluding carboxylic acids is 1. The number of nitrogens with zero attached hydrogens (tertiary/aromatic N) is 4. The van der Waals surface area contributed by atoms with Gasteiger partial charge in [0.05, 0.1) is 30.8 Å². The SMILES string of the molecule is CS(=O)(=O)Cc1cc(N2CCOCC2)nc(-c2ccc(NC(=O)N3CCC(O)CC3)cc2)n1. The van der Waals surface area contributed by atoms with Crippen LogP contribution in [0.25, 0.3) is 11.4 Å². The number of benzene rings is 1. The molecule has 0 radical (unpaired) electrons. The van der Waals surface area contributed by atoms with E-state index in [1.54, 1.807) is 35.2 Å². The highest BCUT2D eigenvalue weighted by atomic mass is 32.2. The molecule has 3 heterocycles. The van der Waals surface area contributed by atoms with E-state index in [0.717, 1.165) is 5.56 Å². The number of nitrogens with one attached hydrogen (secondary N) is 1. The van der Waals surface area contributed by atoms with Gasteiger partial charge in [0.2, 0.25) is 0 Å². The third-order valence-corrected chi connectivity index (χ3v) is 6.48. The largest absolute Gasteiger partial charge is 0.393 e. The molecule has 4 rings (SSSR count). The van der Waals surface area contributed by atoms with Gasteiger partial charge in [-0.1, -0.05) is 0 Å². The van der Waals surface area contributed by atoms with Gasteiger partial charge in [0.1, 0.15) is 5.82 Å². The van der Waals surface area contributed by atoms with Crippen LogP contribution < -0.4 is 10.2 Å². The van der Waals surface area contributed by atoms with Crippen LogP contribution >= 0.6 is 0 Å². The Kier molecular flexibility index (Phi) is 7.11. The van der Waals surface area contributed by atoms with Crippen molar-refractivity contribution in [1.29, 1.82) is 0 Å². The third kappa shape index (κ3) is 6.40. The van der Waals surface area contributed by atoms with Gasteiger partial charge in [0.15, 0.2) is 15.7 Å². The fourth-order valence-corrected chi connectivity index (χ4v) is 4.57. The molecule has 2 aliphatic heterocycles. The molecule has 0 aliphatic carbocycles. The number of aliphatic hydroxyl groups is 1. The summed E-state index contributed by atoms with van der Waals surface area (Å²) in [6.07, 6.45) is 2.01. The minimum atomic E-state index is -3.26. The molecule has 0 bridgehead atoms. The highest BCUT2D eigenvalue weighted by Crippen LogP contribution is 2.24. The lowest BCUT2D eigenvalue weighted by Crippen LogP contribution is -2.42. The van der Waals surface area contributed by atoms with E-state index in [2.05, 4.69) is 20.2 Å². The van der Waals surface area contributed by atoms with Gasteiger partial charge < -0.3 is 25.0 Å². The molecule has 0 atom stereocenters. The Morgan fingerprint density at radius 2 is 1.79 bits per heavy atom. The van der Waals surface area contributed by atoms with Crippen LogP contribution in [0.4, 0.5) is 16.3 Å². The van der Waals surface area contributed by atoms with Gasteiger partial charge in [-0.05, 0) is 37.1 Å². The predicted molar refractivity (Wildman–Crippen MR) is 125 cm³/mol. The first-order chi connectivity index (χ1) is 15.8. The van der Waals surface area contributed by atoms with Gasteiger partial charge in [0, 0.05) is 49.8 Å². The monoisotopic (exact) mass is 475 g/mol. The minimum Gasteiger partial charge on any atom is -0.393 e. The lowest BCUT2D eigenvalue weighted by Gasteiger charge is -2.29. The molecule has 0 saturated carbocycles. The number of carbonyl (C=O) groups is 1. The van der Waals surface area contributed by atoms with Crippen molar-refractivity contribution in [2.75, 3.05) is 55.9 Å². The molecule has 2 aliphatic rings. The van der Waals surface area contributed by atoms with Crippen molar-refractivity contribution in [3.8, 4) is 11.4 Å². The third-order valence-electron chi connectivity index (χ3n) is 5.66. The Balaban J connectivity index is 1.53. The fourth-order valence-electron chi connectivity index (χ4n) is 3.88. The van der Waals surface area contributed by atoms with Crippen LogP contribution in [0.2, 0.25) is 0 Å². The summed E-state index contributed by atoms with van der Waals surface area (Å²) >= 11 is 0. The van der Waals surface area contributed by atoms with Crippen molar-refractivity contribution in [2.24, 2.45) is 0 Å².